The Kier molecular flexibility index (Phi) is 9.13. The van der Waals surface area contributed by atoms with Crippen LogP contribution in [0, 0.1) is 0 Å². The van der Waals surface area contributed by atoms with Gasteiger partial charge in [-0.05, 0) is 6.42 Å². The van der Waals surface area contributed by atoms with Crippen molar-refractivity contribution in [2.24, 2.45) is 0 Å². The second kappa shape index (κ2) is 10.5. The predicted molar refractivity (Wildman–Crippen MR) is 74.9 cm³/mol. The molecule has 18 heavy (non-hydrogen) atoms. The molecule has 1 heterocycles. The molecule has 1 aliphatic rings. The van der Waals surface area contributed by atoms with Crippen molar-refractivity contribution in [3.63, 3.8) is 0 Å². The normalized spacial score (nSPS) is 16.9. The fourth-order valence-electron chi connectivity index (χ4n) is 2.37. The smallest absolute Gasteiger partial charge is 0.146 e. The molecule has 1 fully saturated rings. The van der Waals surface area contributed by atoms with Gasteiger partial charge in [-0.1, -0.05) is 45.4 Å². The molecule has 0 spiro atoms. The van der Waals surface area contributed by atoms with Crippen LogP contribution in [0.2, 0.25) is 0 Å². The van der Waals surface area contributed by atoms with Gasteiger partial charge in [-0.15, -0.1) is 0 Å². The third-order valence-electron chi connectivity index (χ3n) is 3.56. The van der Waals surface area contributed by atoms with E-state index in [0.29, 0.717) is 12.3 Å². The summed E-state index contributed by atoms with van der Waals surface area (Å²) in [4.78, 5) is 14.0. The van der Waals surface area contributed by atoms with Crippen LogP contribution in [0.3, 0.4) is 0 Å². The Morgan fingerprint density at radius 2 is 1.61 bits per heavy atom. The summed E-state index contributed by atoms with van der Waals surface area (Å²) in [6.45, 7) is 6.28. The first-order valence-corrected chi connectivity index (χ1v) is 7.64. The molecule has 1 saturated heterocycles. The number of Topliss-reactive ketones (excluding diaryl/α,β-unsaturated/α-hetero) is 1. The standard InChI is InChI=1S/C15H29NO2/c1-2-3-4-5-6-7-8-9-15(17)14-16-10-12-18-13-11-16/h2-14H2,1H3. The molecular weight excluding hydrogens is 226 g/mol. The first-order valence-electron chi connectivity index (χ1n) is 7.64. The number of unbranched alkanes of at least 4 members (excludes halogenated alkanes) is 6. The Labute approximate surface area is 112 Å². The highest BCUT2D eigenvalue weighted by Crippen LogP contribution is 2.09. The van der Waals surface area contributed by atoms with E-state index in [1.165, 1.54) is 38.5 Å². The van der Waals surface area contributed by atoms with Gasteiger partial charge in [0.2, 0.25) is 0 Å². The molecule has 0 N–H and O–H groups in total. The van der Waals surface area contributed by atoms with E-state index in [1.54, 1.807) is 0 Å². The summed E-state index contributed by atoms with van der Waals surface area (Å²) < 4.78 is 5.27. The van der Waals surface area contributed by atoms with E-state index in [4.69, 9.17) is 4.74 Å². The summed E-state index contributed by atoms with van der Waals surface area (Å²) in [5.74, 6) is 0.408. The molecule has 1 rings (SSSR count). The largest absolute Gasteiger partial charge is 0.379 e. The van der Waals surface area contributed by atoms with Crippen LogP contribution < -0.4 is 0 Å². The lowest BCUT2D eigenvalue weighted by Crippen LogP contribution is -2.39. The van der Waals surface area contributed by atoms with Crippen molar-refractivity contribution in [2.75, 3.05) is 32.8 Å². The maximum absolute atomic E-state index is 11.8. The number of carbonyl (C=O) groups excluding carboxylic acids is 1. The van der Waals surface area contributed by atoms with Crippen LogP contribution in [0.5, 0.6) is 0 Å². The fourth-order valence-corrected chi connectivity index (χ4v) is 2.37. The van der Waals surface area contributed by atoms with Gasteiger partial charge in [-0.2, -0.15) is 0 Å². The predicted octanol–water partition coefficient (Wildman–Crippen LogP) is 3.03. The lowest BCUT2D eigenvalue weighted by atomic mass is 10.1. The van der Waals surface area contributed by atoms with Crippen LogP contribution in [-0.4, -0.2) is 43.5 Å². The van der Waals surface area contributed by atoms with E-state index >= 15 is 0 Å². The van der Waals surface area contributed by atoms with Crippen molar-refractivity contribution in [1.29, 1.82) is 0 Å². The summed E-state index contributed by atoms with van der Waals surface area (Å²) in [5, 5.41) is 0. The van der Waals surface area contributed by atoms with Crippen molar-refractivity contribution < 1.29 is 9.53 Å². The minimum absolute atomic E-state index is 0.408. The molecule has 0 radical (unpaired) electrons. The third-order valence-corrected chi connectivity index (χ3v) is 3.56. The molecule has 0 aromatic heterocycles. The molecule has 0 bridgehead atoms. The van der Waals surface area contributed by atoms with Gasteiger partial charge < -0.3 is 4.74 Å². The number of hydrogen-bond acceptors (Lipinski definition) is 3. The summed E-state index contributed by atoms with van der Waals surface area (Å²) in [6.07, 6.45) is 9.72. The first-order chi connectivity index (χ1) is 8.83. The van der Waals surface area contributed by atoms with Crippen molar-refractivity contribution in [1.82, 2.24) is 4.90 Å². The first kappa shape index (κ1) is 15.6. The molecule has 0 aliphatic carbocycles. The molecule has 0 atom stereocenters. The Bertz CT molecular complexity index is 213. The SMILES string of the molecule is CCCCCCCCCC(=O)CN1CCOCC1. The van der Waals surface area contributed by atoms with E-state index in [9.17, 15) is 4.79 Å². The number of nitrogens with zero attached hydrogens (tertiary/aromatic N) is 1. The zero-order valence-corrected chi connectivity index (χ0v) is 12.0. The van der Waals surface area contributed by atoms with Gasteiger partial charge in [-0.3, -0.25) is 9.69 Å². The number of carbonyl (C=O) groups is 1. The third kappa shape index (κ3) is 7.83. The molecule has 0 saturated carbocycles. The maximum Gasteiger partial charge on any atom is 0.146 e. The van der Waals surface area contributed by atoms with Gasteiger partial charge in [0.1, 0.15) is 5.78 Å². The lowest BCUT2D eigenvalue weighted by molar-refractivity contribution is -0.121. The minimum atomic E-state index is 0.408. The van der Waals surface area contributed by atoms with Crippen LogP contribution in [0.15, 0.2) is 0 Å². The van der Waals surface area contributed by atoms with Crippen molar-refractivity contribution >= 4 is 5.78 Å². The van der Waals surface area contributed by atoms with Crippen LogP contribution in [0.1, 0.15) is 58.3 Å². The highest BCUT2D eigenvalue weighted by molar-refractivity contribution is 5.80. The van der Waals surface area contributed by atoms with E-state index in [1.807, 2.05) is 0 Å². The van der Waals surface area contributed by atoms with E-state index in [-0.39, 0.29) is 0 Å². The van der Waals surface area contributed by atoms with Gasteiger partial charge in [0.25, 0.3) is 0 Å². The highest BCUT2D eigenvalue weighted by atomic mass is 16.5. The second-order valence-electron chi connectivity index (χ2n) is 5.30. The van der Waals surface area contributed by atoms with E-state index < -0.39 is 0 Å². The molecular formula is C15H29NO2. The Morgan fingerprint density at radius 3 is 2.28 bits per heavy atom. The Balaban J connectivity index is 1.90. The summed E-state index contributed by atoms with van der Waals surface area (Å²) >= 11 is 0. The van der Waals surface area contributed by atoms with Gasteiger partial charge >= 0.3 is 0 Å². The molecule has 0 aromatic carbocycles. The average molecular weight is 255 g/mol. The summed E-state index contributed by atoms with van der Waals surface area (Å²) in [7, 11) is 0. The van der Waals surface area contributed by atoms with Crippen molar-refractivity contribution in [2.45, 2.75) is 58.3 Å². The lowest BCUT2D eigenvalue weighted by Gasteiger charge is -2.25. The van der Waals surface area contributed by atoms with Gasteiger partial charge in [-0.25, -0.2) is 0 Å². The van der Waals surface area contributed by atoms with Crippen molar-refractivity contribution in [3.8, 4) is 0 Å². The molecule has 3 heteroatoms. The quantitative estimate of drug-likeness (QED) is 0.562. The Morgan fingerprint density at radius 1 is 1.00 bits per heavy atom. The Hall–Kier alpha value is -0.410. The number of ether oxygens (including phenoxy) is 1. The average Bonchev–Trinajstić information content (AvgIpc) is 2.39. The van der Waals surface area contributed by atoms with Gasteiger partial charge in [0.05, 0.1) is 19.8 Å². The fraction of sp³-hybridized carbons (Fsp3) is 0.933. The van der Waals surface area contributed by atoms with Crippen molar-refractivity contribution in [3.05, 3.63) is 0 Å². The summed E-state index contributed by atoms with van der Waals surface area (Å²) in [6, 6.07) is 0. The van der Waals surface area contributed by atoms with Gasteiger partial charge in [0, 0.05) is 19.5 Å². The topological polar surface area (TPSA) is 29.5 Å². The monoisotopic (exact) mass is 255 g/mol. The zero-order valence-electron chi connectivity index (χ0n) is 12.0. The second-order valence-corrected chi connectivity index (χ2v) is 5.30. The number of rotatable bonds is 10. The molecule has 1 aliphatic heterocycles. The molecule has 106 valence electrons. The molecule has 0 amide bonds. The summed E-state index contributed by atoms with van der Waals surface area (Å²) in [5.41, 5.74) is 0. The highest BCUT2D eigenvalue weighted by Gasteiger charge is 2.13. The van der Waals surface area contributed by atoms with Crippen LogP contribution >= 0.6 is 0 Å². The number of ketones is 1. The maximum atomic E-state index is 11.8. The van der Waals surface area contributed by atoms with Crippen LogP contribution in [0.4, 0.5) is 0 Å². The molecule has 3 nitrogen and oxygen atoms in total. The number of hydrogen-bond donors (Lipinski definition) is 0. The van der Waals surface area contributed by atoms with Crippen LogP contribution in [-0.2, 0) is 9.53 Å². The van der Waals surface area contributed by atoms with Gasteiger partial charge in [0.15, 0.2) is 0 Å². The van der Waals surface area contributed by atoms with Crippen LogP contribution in [0.25, 0.3) is 0 Å². The number of morpholine rings is 1. The van der Waals surface area contributed by atoms with E-state index in [0.717, 1.165) is 39.1 Å². The molecule has 0 aromatic rings. The molecule has 0 unspecified atom stereocenters. The van der Waals surface area contributed by atoms with E-state index in [2.05, 4.69) is 11.8 Å². The zero-order chi connectivity index (χ0) is 13.1. The minimum Gasteiger partial charge on any atom is -0.379 e.